The van der Waals surface area contributed by atoms with Gasteiger partial charge in [-0.25, -0.2) is 0 Å². The summed E-state index contributed by atoms with van der Waals surface area (Å²) in [5.41, 5.74) is 2.84. The lowest BCUT2D eigenvalue weighted by Crippen LogP contribution is -2.04. The van der Waals surface area contributed by atoms with E-state index in [1.165, 1.54) is 7.11 Å². The molecule has 0 spiro atoms. The number of hydrogen-bond acceptors (Lipinski definition) is 3. The molecule has 0 aromatic heterocycles. The minimum Gasteiger partial charge on any atom is -0.504 e. The van der Waals surface area contributed by atoms with Gasteiger partial charge in [-0.2, -0.15) is 0 Å². The zero-order valence-electron chi connectivity index (χ0n) is 9.66. The molecule has 0 aliphatic heterocycles. The molecule has 0 saturated heterocycles. The fourth-order valence-electron chi connectivity index (χ4n) is 1.75. The van der Waals surface area contributed by atoms with Gasteiger partial charge in [0, 0.05) is 18.1 Å². The van der Waals surface area contributed by atoms with E-state index < -0.39 is 0 Å². The van der Waals surface area contributed by atoms with Crippen molar-refractivity contribution >= 4 is 0 Å². The first-order chi connectivity index (χ1) is 7.02. The normalized spacial score (nSPS) is 12.6. The van der Waals surface area contributed by atoms with E-state index in [1.54, 1.807) is 6.07 Å². The molecule has 1 aromatic rings. The molecule has 1 atom stereocenters. The van der Waals surface area contributed by atoms with E-state index in [9.17, 15) is 5.11 Å². The molecule has 0 heterocycles. The zero-order chi connectivity index (χ0) is 11.6. The highest BCUT2D eigenvalue weighted by molar-refractivity contribution is 5.54. The fraction of sp³-hybridized carbons (Fsp3) is 0.500. The molecule has 1 rings (SSSR count). The van der Waals surface area contributed by atoms with Gasteiger partial charge in [0.25, 0.3) is 0 Å². The Morgan fingerprint density at radius 3 is 2.47 bits per heavy atom. The zero-order valence-corrected chi connectivity index (χ0v) is 9.66. The van der Waals surface area contributed by atoms with Crippen LogP contribution >= 0.6 is 0 Å². The highest BCUT2D eigenvalue weighted by atomic mass is 16.5. The maximum absolute atomic E-state index is 9.96. The van der Waals surface area contributed by atoms with Gasteiger partial charge in [-0.3, -0.25) is 0 Å². The van der Waals surface area contributed by atoms with Crippen molar-refractivity contribution in [1.82, 2.24) is 0 Å². The standard InChI is InChI=1S/C12H18O3/c1-7-5-10(15-4)12(14)11(9(7)3)8(2)6-13/h5,8,13-14H,6H2,1-4H3. The number of methoxy groups -OCH3 is 1. The van der Waals surface area contributed by atoms with Gasteiger partial charge in [-0.15, -0.1) is 0 Å². The SMILES string of the molecule is COc1cc(C)c(C)c(C(C)CO)c1O. The summed E-state index contributed by atoms with van der Waals surface area (Å²) in [5, 5.41) is 19.1. The largest absolute Gasteiger partial charge is 0.504 e. The summed E-state index contributed by atoms with van der Waals surface area (Å²) in [6.45, 7) is 5.79. The van der Waals surface area contributed by atoms with Gasteiger partial charge >= 0.3 is 0 Å². The minimum absolute atomic E-state index is 0.0149. The summed E-state index contributed by atoms with van der Waals surface area (Å²) in [6.07, 6.45) is 0. The molecule has 3 heteroatoms. The summed E-state index contributed by atoms with van der Waals surface area (Å²) in [7, 11) is 1.53. The number of ether oxygens (including phenoxy) is 1. The smallest absolute Gasteiger partial charge is 0.161 e. The Bertz CT molecular complexity index is 358. The van der Waals surface area contributed by atoms with Crippen LogP contribution in [0.1, 0.15) is 29.5 Å². The van der Waals surface area contributed by atoms with Crippen molar-refractivity contribution in [2.75, 3.05) is 13.7 Å². The van der Waals surface area contributed by atoms with Crippen molar-refractivity contribution in [2.45, 2.75) is 26.7 Å². The summed E-state index contributed by atoms with van der Waals surface area (Å²) in [4.78, 5) is 0. The van der Waals surface area contributed by atoms with Crippen molar-refractivity contribution in [3.63, 3.8) is 0 Å². The quantitative estimate of drug-likeness (QED) is 0.803. The predicted octanol–water partition coefficient (Wildman–Crippen LogP) is 2.11. The van der Waals surface area contributed by atoms with E-state index in [0.29, 0.717) is 5.75 Å². The number of phenols is 1. The predicted molar refractivity (Wildman–Crippen MR) is 59.6 cm³/mol. The number of aromatic hydroxyl groups is 1. The second-order valence-corrected chi connectivity index (χ2v) is 3.87. The van der Waals surface area contributed by atoms with Crippen molar-refractivity contribution in [3.05, 3.63) is 22.8 Å². The van der Waals surface area contributed by atoms with Gasteiger partial charge in [0.15, 0.2) is 11.5 Å². The molecular formula is C12H18O3. The number of benzene rings is 1. The van der Waals surface area contributed by atoms with E-state index in [1.807, 2.05) is 20.8 Å². The third kappa shape index (κ3) is 2.07. The molecule has 0 saturated carbocycles. The molecule has 2 N–H and O–H groups in total. The van der Waals surface area contributed by atoms with E-state index in [4.69, 9.17) is 9.84 Å². The maximum Gasteiger partial charge on any atom is 0.161 e. The van der Waals surface area contributed by atoms with E-state index in [2.05, 4.69) is 0 Å². The lowest BCUT2D eigenvalue weighted by molar-refractivity contribution is 0.268. The van der Waals surface area contributed by atoms with E-state index in [-0.39, 0.29) is 18.3 Å². The Balaban J connectivity index is 3.40. The third-order valence-corrected chi connectivity index (χ3v) is 2.82. The maximum atomic E-state index is 9.96. The van der Waals surface area contributed by atoms with Gasteiger partial charge in [0.2, 0.25) is 0 Å². The van der Waals surface area contributed by atoms with Crippen molar-refractivity contribution in [1.29, 1.82) is 0 Å². The summed E-state index contributed by atoms with van der Waals surface area (Å²) in [5.74, 6) is 0.523. The minimum atomic E-state index is -0.0844. The first-order valence-electron chi connectivity index (χ1n) is 5.00. The molecule has 0 fully saturated rings. The second kappa shape index (κ2) is 4.53. The fourth-order valence-corrected chi connectivity index (χ4v) is 1.75. The number of aliphatic hydroxyl groups excluding tert-OH is 1. The molecule has 0 radical (unpaired) electrons. The molecule has 1 unspecified atom stereocenters. The number of aliphatic hydroxyl groups is 1. The molecule has 0 aliphatic carbocycles. The van der Waals surface area contributed by atoms with Gasteiger partial charge in [0.05, 0.1) is 7.11 Å². The first-order valence-corrected chi connectivity index (χ1v) is 5.00. The lowest BCUT2D eigenvalue weighted by atomic mass is 9.92. The second-order valence-electron chi connectivity index (χ2n) is 3.87. The van der Waals surface area contributed by atoms with Gasteiger partial charge in [-0.1, -0.05) is 6.92 Å². The Labute approximate surface area is 90.3 Å². The summed E-state index contributed by atoms with van der Waals surface area (Å²) >= 11 is 0. The van der Waals surface area contributed by atoms with Crippen molar-refractivity contribution < 1.29 is 14.9 Å². The van der Waals surface area contributed by atoms with E-state index >= 15 is 0 Å². The Kier molecular flexibility index (Phi) is 3.58. The number of aryl methyl sites for hydroxylation is 1. The topological polar surface area (TPSA) is 49.7 Å². The number of rotatable bonds is 3. The van der Waals surface area contributed by atoms with Crippen LogP contribution in [0.15, 0.2) is 6.07 Å². The molecule has 0 bridgehead atoms. The number of phenolic OH excluding ortho intramolecular Hbond substituents is 1. The van der Waals surface area contributed by atoms with Crippen molar-refractivity contribution in [2.24, 2.45) is 0 Å². The average molecular weight is 210 g/mol. The van der Waals surface area contributed by atoms with Crippen LogP contribution in [-0.4, -0.2) is 23.9 Å². The third-order valence-electron chi connectivity index (χ3n) is 2.82. The highest BCUT2D eigenvalue weighted by Gasteiger charge is 2.18. The van der Waals surface area contributed by atoms with Crippen LogP contribution in [0.2, 0.25) is 0 Å². The first kappa shape index (κ1) is 11.9. The van der Waals surface area contributed by atoms with Crippen LogP contribution in [0.25, 0.3) is 0 Å². The Hall–Kier alpha value is -1.22. The highest BCUT2D eigenvalue weighted by Crippen LogP contribution is 2.38. The van der Waals surface area contributed by atoms with Crippen LogP contribution in [0, 0.1) is 13.8 Å². The molecule has 15 heavy (non-hydrogen) atoms. The number of hydrogen-bond donors (Lipinski definition) is 2. The summed E-state index contributed by atoms with van der Waals surface area (Å²) in [6, 6.07) is 1.80. The molecule has 3 nitrogen and oxygen atoms in total. The van der Waals surface area contributed by atoms with Crippen LogP contribution in [-0.2, 0) is 0 Å². The Morgan fingerprint density at radius 2 is 2.00 bits per heavy atom. The molecule has 1 aromatic carbocycles. The average Bonchev–Trinajstić information content (AvgIpc) is 2.23. The van der Waals surface area contributed by atoms with Crippen LogP contribution in [0.4, 0.5) is 0 Å². The van der Waals surface area contributed by atoms with E-state index in [0.717, 1.165) is 16.7 Å². The van der Waals surface area contributed by atoms with Gasteiger partial charge < -0.3 is 14.9 Å². The van der Waals surface area contributed by atoms with Crippen LogP contribution in [0.5, 0.6) is 11.5 Å². The molecule has 0 aliphatic rings. The molecular weight excluding hydrogens is 192 g/mol. The van der Waals surface area contributed by atoms with Crippen LogP contribution < -0.4 is 4.74 Å². The lowest BCUT2D eigenvalue weighted by Gasteiger charge is -2.18. The van der Waals surface area contributed by atoms with Gasteiger partial charge in [0.1, 0.15) is 0 Å². The molecule has 0 amide bonds. The monoisotopic (exact) mass is 210 g/mol. The summed E-state index contributed by atoms with van der Waals surface area (Å²) < 4.78 is 5.08. The molecule has 84 valence electrons. The van der Waals surface area contributed by atoms with Crippen molar-refractivity contribution in [3.8, 4) is 11.5 Å². The Morgan fingerprint density at radius 1 is 1.40 bits per heavy atom. The van der Waals surface area contributed by atoms with Gasteiger partial charge in [-0.05, 0) is 31.0 Å². The van der Waals surface area contributed by atoms with Crippen LogP contribution in [0.3, 0.4) is 0 Å².